The highest BCUT2D eigenvalue weighted by Crippen LogP contribution is 2.23. The lowest BCUT2D eigenvalue weighted by Crippen LogP contribution is -1.98. The minimum absolute atomic E-state index is 0.235. The predicted molar refractivity (Wildman–Crippen MR) is 53.1 cm³/mol. The number of hydrogen-bond acceptors (Lipinski definition) is 3. The maximum absolute atomic E-state index is 11.2. The summed E-state index contributed by atoms with van der Waals surface area (Å²) in [6.45, 7) is 0. The Morgan fingerprint density at radius 3 is 2.86 bits per heavy atom. The van der Waals surface area contributed by atoms with Crippen LogP contribution in [0.1, 0.15) is 10.4 Å². The molecule has 0 saturated heterocycles. The summed E-state index contributed by atoms with van der Waals surface area (Å²) in [7, 11) is 1.43. The number of benzene rings is 1. The highest BCUT2D eigenvalue weighted by Gasteiger charge is 2.11. The molecule has 0 aromatic heterocycles. The Morgan fingerprint density at radius 1 is 1.57 bits per heavy atom. The number of rotatable bonds is 2. The Labute approximate surface area is 88.7 Å². The van der Waals surface area contributed by atoms with Crippen LogP contribution >= 0.6 is 15.9 Å². The molecule has 1 aromatic rings. The van der Waals surface area contributed by atoms with E-state index < -0.39 is 5.91 Å². The molecule has 0 aliphatic carbocycles. The van der Waals surface area contributed by atoms with Gasteiger partial charge < -0.3 is 4.74 Å². The first kappa shape index (κ1) is 10.6. The van der Waals surface area contributed by atoms with Crippen LogP contribution in [0, 0.1) is 0 Å². The SMILES string of the molecule is COc1cc(Br)ccc1C(=O)N=C=O. The van der Waals surface area contributed by atoms with Gasteiger partial charge in [-0.05, 0) is 18.2 Å². The third-order valence-electron chi connectivity index (χ3n) is 1.54. The molecule has 14 heavy (non-hydrogen) atoms. The number of hydrogen-bond donors (Lipinski definition) is 0. The van der Waals surface area contributed by atoms with Gasteiger partial charge in [0.25, 0.3) is 5.91 Å². The van der Waals surface area contributed by atoms with E-state index in [1.165, 1.54) is 19.3 Å². The van der Waals surface area contributed by atoms with Crippen molar-refractivity contribution < 1.29 is 14.3 Å². The number of halogens is 1. The van der Waals surface area contributed by atoms with Gasteiger partial charge in [0.15, 0.2) is 0 Å². The predicted octanol–water partition coefficient (Wildman–Crippen LogP) is 1.93. The lowest BCUT2D eigenvalue weighted by atomic mass is 10.2. The van der Waals surface area contributed by atoms with Crippen molar-refractivity contribution in [1.29, 1.82) is 0 Å². The fraction of sp³-hybridized carbons (Fsp3) is 0.111. The van der Waals surface area contributed by atoms with Crippen molar-refractivity contribution >= 4 is 27.9 Å². The number of methoxy groups -OCH3 is 1. The highest BCUT2D eigenvalue weighted by atomic mass is 79.9. The molecule has 0 aliphatic heterocycles. The third kappa shape index (κ3) is 2.28. The van der Waals surface area contributed by atoms with Gasteiger partial charge in [-0.3, -0.25) is 4.79 Å². The van der Waals surface area contributed by atoms with Crippen LogP contribution in [-0.4, -0.2) is 19.1 Å². The van der Waals surface area contributed by atoms with Gasteiger partial charge in [0.05, 0.1) is 12.7 Å². The molecule has 1 aromatic carbocycles. The van der Waals surface area contributed by atoms with Crippen LogP contribution in [0.4, 0.5) is 0 Å². The van der Waals surface area contributed by atoms with Gasteiger partial charge in [0.1, 0.15) is 5.75 Å². The zero-order valence-electron chi connectivity index (χ0n) is 7.28. The number of aliphatic imine (C=N–C) groups is 1. The van der Waals surface area contributed by atoms with E-state index in [4.69, 9.17) is 4.74 Å². The van der Waals surface area contributed by atoms with Gasteiger partial charge in [0.2, 0.25) is 6.08 Å². The number of isocyanates is 1. The maximum atomic E-state index is 11.2. The summed E-state index contributed by atoms with van der Waals surface area (Å²) in [5, 5.41) is 0. The smallest absolute Gasteiger partial charge is 0.291 e. The largest absolute Gasteiger partial charge is 0.496 e. The lowest BCUT2D eigenvalue weighted by Gasteiger charge is -2.04. The van der Waals surface area contributed by atoms with E-state index in [-0.39, 0.29) is 5.56 Å². The second kappa shape index (κ2) is 4.69. The van der Waals surface area contributed by atoms with Crippen molar-refractivity contribution in [3.63, 3.8) is 0 Å². The topological polar surface area (TPSA) is 55.7 Å². The second-order valence-electron chi connectivity index (χ2n) is 2.35. The van der Waals surface area contributed by atoms with Crippen LogP contribution in [0.5, 0.6) is 5.75 Å². The Hall–Kier alpha value is -1.45. The zero-order chi connectivity index (χ0) is 10.6. The Kier molecular flexibility index (Phi) is 3.56. The Balaban J connectivity index is 3.20. The minimum atomic E-state index is -0.663. The molecule has 0 bridgehead atoms. The number of amides is 1. The van der Waals surface area contributed by atoms with Crippen LogP contribution in [-0.2, 0) is 4.79 Å². The van der Waals surface area contributed by atoms with Gasteiger partial charge in [-0.1, -0.05) is 15.9 Å². The van der Waals surface area contributed by atoms with Crippen molar-refractivity contribution in [3.8, 4) is 5.75 Å². The van der Waals surface area contributed by atoms with Gasteiger partial charge in [0, 0.05) is 4.47 Å². The zero-order valence-corrected chi connectivity index (χ0v) is 8.87. The molecule has 72 valence electrons. The summed E-state index contributed by atoms with van der Waals surface area (Å²) in [4.78, 5) is 24.1. The molecular formula is C9H6BrNO3. The quantitative estimate of drug-likeness (QED) is 0.600. The first-order valence-electron chi connectivity index (χ1n) is 3.64. The van der Waals surface area contributed by atoms with Gasteiger partial charge in [-0.15, -0.1) is 4.99 Å². The number of nitrogens with zero attached hydrogens (tertiary/aromatic N) is 1. The van der Waals surface area contributed by atoms with E-state index in [0.29, 0.717) is 5.75 Å². The molecule has 0 atom stereocenters. The second-order valence-corrected chi connectivity index (χ2v) is 3.27. The van der Waals surface area contributed by atoms with Crippen molar-refractivity contribution in [2.75, 3.05) is 7.11 Å². The molecule has 0 unspecified atom stereocenters. The van der Waals surface area contributed by atoms with Crippen molar-refractivity contribution in [3.05, 3.63) is 28.2 Å². The molecular weight excluding hydrogens is 250 g/mol. The summed E-state index contributed by atoms with van der Waals surface area (Å²) in [5.74, 6) is -0.298. The average molecular weight is 256 g/mol. The molecule has 0 saturated carbocycles. The summed E-state index contributed by atoms with van der Waals surface area (Å²) in [6, 6.07) is 4.80. The summed E-state index contributed by atoms with van der Waals surface area (Å²) < 4.78 is 5.73. The van der Waals surface area contributed by atoms with Crippen molar-refractivity contribution in [1.82, 2.24) is 0 Å². The van der Waals surface area contributed by atoms with Crippen molar-refractivity contribution in [2.24, 2.45) is 4.99 Å². The van der Waals surface area contributed by atoms with Crippen LogP contribution in [0.2, 0.25) is 0 Å². The number of carbonyl (C=O) groups excluding carboxylic acids is 2. The van der Waals surface area contributed by atoms with Crippen LogP contribution in [0.15, 0.2) is 27.7 Å². The molecule has 0 fully saturated rings. The standard InChI is InChI=1S/C9H6BrNO3/c1-14-8-4-6(10)2-3-7(8)9(13)11-5-12/h2-4H,1H3. The lowest BCUT2D eigenvalue weighted by molar-refractivity contribution is 0.1000. The van der Waals surface area contributed by atoms with Gasteiger partial charge >= 0.3 is 0 Å². The Bertz CT molecular complexity index is 411. The molecule has 0 aliphatic rings. The monoisotopic (exact) mass is 255 g/mol. The molecule has 0 spiro atoms. The third-order valence-corrected chi connectivity index (χ3v) is 2.03. The van der Waals surface area contributed by atoms with Crippen LogP contribution in [0.3, 0.4) is 0 Å². The van der Waals surface area contributed by atoms with E-state index in [1.54, 1.807) is 12.1 Å². The molecule has 1 rings (SSSR count). The summed E-state index contributed by atoms with van der Waals surface area (Å²) >= 11 is 3.23. The fourth-order valence-corrected chi connectivity index (χ4v) is 1.28. The first-order valence-corrected chi connectivity index (χ1v) is 4.44. The molecule has 1 amide bonds. The van der Waals surface area contributed by atoms with E-state index in [9.17, 15) is 9.59 Å². The molecule has 4 nitrogen and oxygen atoms in total. The minimum Gasteiger partial charge on any atom is -0.496 e. The van der Waals surface area contributed by atoms with E-state index >= 15 is 0 Å². The number of ether oxygens (including phenoxy) is 1. The van der Waals surface area contributed by atoms with Crippen molar-refractivity contribution in [2.45, 2.75) is 0 Å². The summed E-state index contributed by atoms with van der Waals surface area (Å²) in [5.41, 5.74) is 0.235. The highest BCUT2D eigenvalue weighted by molar-refractivity contribution is 9.10. The molecule has 0 heterocycles. The molecule has 0 radical (unpaired) electrons. The van der Waals surface area contributed by atoms with E-state index in [2.05, 4.69) is 20.9 Å². The first-order chi connectivity index (χ1) is 6.69. The number of carbonyl (C=O) groups is 1. The van der Waals surface area contributed by atoms with Crippen LogP contribution < -0.4 is 4.74 Å². The normalized spacial score (nSPS) is 9.00. The molecule has 5 heteroatoms. The molecule has 0 N–H and O–H groups in total. The van der Waals surface area contributed by atoms with E-state index in [1.807, 2.05) is 0 Å². The summed E-state index contributed by atoms with van der Waals surface area (Å²) in [6.07, 6.45) is 1.19. The fourth-order valence-electron chi connectivity index (χ4n) is 0.943. The average Bonchev–Trinajstić information content (AvgIpc) is 2.17. The van der Waals surface area contributed by atoms with Gasteiger partial charge in [-0.2, -0.15) is 0 Å². The van der Waals surface area contributed by atoms with Gasteiger partial charge in [-0.25, -0.2) is 4.79 Å². The van der Waals surface area contributed by atoms with Crippen LogP contribution in [0.25, 0.3) is 0 Å². The maximum Gasteiger partial charge on any atom is 0.291 e. The van der Waals surface area contributed by atoms with E-state index in [0.717, 1.165) is 4.47 Å². The Morgan fingerprint density at radius 2 is 2.29 bits per heavy atom.